The molecule has 0 aromatic rings. The van der Waals surface area contributed by atoms with Crippen LogP contribution in [0.1, 0.15) is 6.92 Å². The normalized spacial score (nSPS) is 12.8. The lowest BCUT2D eigenvalue weighted by molar-refractivity contribution is -0.141. The van der Waals surface area contributed by atoms with Crippen LogP contribution in [0.25, 0.3) is 0 Å². The Bertz CT molecular complexity index is 106. The molecule has 3 N–H and O–H groups in total. The van der Waals surface area contributed by atoms with Crippen LogP contribution in [0.2, 0.25) is 0 Å². The van der Waals surface area contributed by atoms with E-state index in [1.165, 1.54) is 0 Å². The molecule has 8 heavy (non-hydrogen) atoms. The monoisotopic (exact) mass is 117 g/mol. The number of Topliss-reactive ketones (excluding diaryl/α,β-unsaturated/α-hetero) is 1. The number of carboxylic acid groups (broad SMARTS) is 1. The number of aliphatic carboxylic acids is 1. The third-order valence-corrected chi connectivity index (χ3v) is 0.704. The summed E-state index contributed by atoms with van der Waals surface area (Å²) >= 11 is 0. The summed E-state index contributed by atoms with van der Waals surface area (Å²) in [5, 5.41) is 8.01. The molecule has 0 aromatic heterocycles. The largest absolute Gasteiger partial charge is 0.480 e. The Labute approximate surface area is 46.3 Å². The van der Waals surface area contributed by atoms with Gasteiger partial charge < -0.3 is 10.8 Å². The zero-order valence-corrected chi connectivity index (χ0v) is 4.42. The first kappa shape index (κ1) is 7.10. The van der Waals surface area contributed by atoms with Crippen molar-refractivity contribution in [1.29, 1.82) is 0 Å². The maximum Gasteiger partial charge on any atom is 0.328 e. The Morgan fingerprint density at radius 3 is 2.00 bits per heavy atom. The lowest BCUT2D eigenvalue weighted by Crippen LogP contribution is -2.36. The first-order valence-corrected chi connectivity index (χ1v) is 2.04. The van der Waals surface area contributed by atoms with Crippen LogP contribution >= 0.6 is 0 Å². The Kier molecular flexibility index (Phi) is 2.15. The molecule has 0 rings (SSSR count). The Hall–Kier alpha value is -0.900. The van der Waals surface area contributed by atoms with Gasteiger partial charge in [0.2, 0.25) is 0 Å². The molecule has 4 heteroatoms. The van der Waals surface area contributed by atoms with Gasteiger partial charge >= 0.3 is 5.97 Å². The van der Waals surface area contributed by atoms with Crippen LogP contribution in [0, 0.1) is 0 Å². The van der Waals surface area contributed by atoms with Crippen LogP contribution in [0.3, 0.4) is 0 Å². The fraction of sp³-hybridized carbons (Fsp3) is 0.500. The van der Waals surface area contributed by atoms with Gasteiger partial charge in [0, 0.05) is 0 Å². The highest BCUT2D eigenvalue weighted by atomic mass is 16.4. The van der Waals surface area contributed by atoms with Crippen LogP contribution in [-0.2, 0) is 9.59 Å². The van der Waals surface area contributed by atoms with Gasteiger partial charge in [0.25, 0.3) is 0 Å². The maximum atomic E-state index is 10.1. The second-order valence-corrected chi connectivity index (χ2v) is 1.43. The van der Waals surface area contributed by atoms with Crippen molar-refractivity contribution in [3.8, 4) is 0 Å². The minimum Gasteiger partial charge on any atom is -0.480 e. The molecule has 0 spiro atoms. The molecule has 0 aliphatic heterocycles. The summed E-state index contributed by atoms with van der Waals surface area (Å²) in [5.74, 6) is -1.81. The predicted octanol–water partition coefficient (Wildman–Crippen LogP) is -1.01. The van der Waals surface area contributed by atoms with Gasteiger partial charge in [-0.05, 0) is 6.92 Å². The molecular formula is C4H7NO3. The molecule has 0 aliphatic rings. The average molecular weight is 117 g/mol. The molecule has 0 amide bonds. The molecule has 0 aliphatic carbocycles. The highest BCUT2D eigenvalue weighted by Gasteiger charge is 2.15. The van der Waals surface area contributed by atoms with E-state index >= 15 is 0 Å². The molecule has 46 valence electrons. The summed E-state index contributed by atoms with van der Waals surface area (Å²) in [4.78, 5) is 19.9. The number of carbonyl (C=O) groups excluding carboxylic acids is 1. The topological polar surface area (TPSA) is 80.4 Å². The van der Waals surface area contributed by atoms with E-state index in [4.69, 9.17) is 10.8 Å². The van der Waals surface area contributed by atoms with E-state index in [1.807, 2.05) is 0 Å². The van der Waals surface area contributed by atoms with Crippen molar-refractivity contribution in [3.63, 3.8) is 0 Å². The van der Waals surface area contributed by atoms with Crippen LogP contribution in [-0.4, -0.2) is 22.9 Å². The van der Waals surface area contributed by atoms with Crippen LogP contribution in [0.15, 0.2) is 0 Å². The average Bonchev–Trinajstić information content (AvgIpc) is 1.64. The van der Waals surface area contributed by atoms with Gasteiger partial charge in [-0.15, -0.1) is 0 Å². The van der Waals surface area contributed by atoms with Crippen molar-refractivity contribution >= 4 is 11.8 Å². The molecule has 0 aromatic carbocycles. The summed E-state index contributed by atoms with van der Waals surface area (Å²) in [7, 11) is 0. The standard InChI is InChI=1S/C4H7NO3/c1-2(6)3(5)4(7)8/h3H,5H2,1H3,(H,7,8)/t3-/m0/s1. The highest BCUT2D eigenvalue weighted by molar-refractivity contribution is 6.00. The second kappa shape index (κ2) is 2.42. The molecule has 1 atom stereocenters. The van der Waals surface area contributed by atoms with Crippen LogP contribution < -0.4 is 5.73 Å². The number of carboxylic acids is 1. The lowest BCUT2D eigenvalue weighted by Gasteiger charge is -1.96. The molecule has 0 saturated heterocycles. The van der Waals surface area contributed by atoms with Gasteiger partial charge in [-0.25, -0.2) is 0 Å². The lowest BCUT2D eigenvalue weighted by atomic mass is 10.2. The summed E-state index contributed by atoms with van der Waals surface area (Å²) < 4.78 is 0. The number of nitrogens with two attached hydrogens (primary N) is 1. The summed E-state index contributed by atoms with van der Waals surface area (Å²) in [6.07, 6.45) is 0. The molecule has 0 bridgehead atoms. The van der Waals surface area contributed by atoms with Crippen molar-refractivity contribution in [2.45, 2.75) is 13.0 Å². The third kappa shape index (κ3) is 1.70. The molecule has 0 radical (unpaired) electrons. The molecule has 0 heterocycles. The number of hydrogen-bond acceptors (Lipinski definition) is 3. The van der Waals surface area contributed by atoms with E-state index in [-0.39, 0.29) is 0 Å². The summed E-state index contributed by atoms with van der Waals surface area (Å²) in [5.41, 5.74) is 4.81. The summed E-state index contributed by atoms with van der Waals surface area (Å²) in [6.45, 7) is 1.14. The number of carbonyl (C=O) groups is 2. The summed E-state index contributed by atoms with van der Waals surface area (Å²) in [6, 6.07) is -1.35. The number of rotatable bonds is 2. The SMILES string of the molecule is CC(=O)[C@H](N)C(=O)O. The third-order valence-electron chi connectivity index (χ3n) is 0.704. The number of hydrogen-bond donors (Lipinski definition) is 2. The van der Waals surface area contributed by atoms with Crippen molar-refractivity contribution < 1.29 is 14.7 Å². The van der Waals surface area contributed by atoms with Crippen molar-refractivity contribution in [3.05, 3.63) is 0 Å². The quantitative estimate of drug-likeness (QED) is 0.454. The predicted molar refractivity (Wildman–Crippen MR) is 26.3 cm³/mol. The molecule has 4 nitrogen and oxygen atoms in total. The van der Waals surface area contributed by atoms with Crippen molar-refractivity contribution in [1.82, 2.24) is 0 Å². The van der Waals surface area contributed by atoms with Crippen molar-refractivity contribution in [2.24, 2.45) is 5.73 Å². The Morgan fingerprint density at radius 2 is 2.00 bits per heavy atom. The van der Waals surface area contributed by atoms with E-state index in [9.17, 15) is 9.59 Å². The second-order valence-electron chi connectivity index (χ2n) is 1.43. The number of ketones is 1. The van der Waals surface area contributed by atoms with Gasteiger partial charge in [-0.2, -0.15) is 0 Å². The zero-order valence-electron chi connectivity index (χ0n) is 4.42. The van der Waals surface area contributed by atoms with Gasteiger partial charge in [0.05, 0.1) is 0 Å². The van der Waals surface area contributed by atoms with Gasteiger partial charge in [-0.3, -0.25) is 9.59 Å². The molecule has 0 fully saturated rings. The van der Waals surface area contributed by atoms with E-state index in [0.29, 0.717) is 0 Å². The molecule has 0 unspecified atom stereocenters. The van der Waals surface area contributed by atoms with Crippen LogP contribution in [0.4, 0.5) is 0 Å². The Morgan fingerprint density at radius 1 is 1.62 bits per heavy atom. The Balaban J connectivity index is 3.83. The van der Waals surface area contributed by atoms with Crippen molar-refractivity contribution in [2.75, 3.05) is 0 Å². The zero-order chi connectivity index (χ0) is 6.73. The fourth-order valence-corrected chi connectivity index (χ4v) is 0.174. The maximum absolute atomic E-state index is 10.1. The van der Waals surface area contributed by atoms with Gasteiger partial charge in [0.15, 0.2) is 11.8 Å². The first-order valence-electron chi connectivity index (χ1n) is 2.04. The minimum atomic E-state index is -1.35. The minimum absolute atomic E-state index is 0.530. The smallest absolute Gasteiger partial charge is 0.328 e. The molecule has 0 saturated carbocycles. The van der Waals surface area contributed by atoms with E-state index < -0.39 is 17.8 Å². The van der Waals surface area contributed by atoms with Gasteiger partial charge in [-0.1, -0.05) is 0 Å². The fourth-order valence-electron chi connectivity index (χ4n) is 0.174. The van der Waals surface area contributed by atoms with E-state index in [2.05, 4.69) is 0 Å². The first-order chi connectivity index (χ1) is 3.55. The molecular weight excluding hydrogens is 110 g/mol. The van der Waals surface area contributed by atoms with E-state index in [1.54, 1.807) is 0 Å². The highest BCUT2D eigenvalue weighted by Crippen LogP contribution is 1.77. The van der Waals surface area contributed by atoms with Gasteiger partial charge in [0.1, 0.15) is 0 Å². The van der Waals surface area contributed by atoms with Crippen LogP contribution in [0.5, 0.6) is 0 Å². The van der Waals surface area contributed by atoms with E-state index in [0.717, 1.165) is 6.92 Å².